The molecular formula is C2Br2Cl2. The molecule has 0 amide bonds. The summed E-state index contributed by atoms with van der Waals surface area (Å²) in [5.74, 6) is 0. The minimum Gasteiger partial charge on any atom is -0.0739 e. The predicted octanol–water partition coefficient (Wildman–Crippen LogP) is 3.38. The molecule has 0 saturated heterocycles. The first-order valence-corrected chi connectivity index (χ1v) is 3.35. The van der Waals surface area contributed by atoms with Crippen molar-refractivity contribution in [2.75, 3.05) is 0 Å². The maximum absolute atomic E-state index is 5.23. The highest BCUT2D eigenvalue weighted by molar-refractivity contribution is 9.15. The van der Waals surface area contributed by atoms with E-state index in [1.165, 1.54) is 0 Å². The Morgan fingerprint density at radius 1 is 1.00 bits per heavy atom. The highest BCUT2D eigenvalue weighted by atomic mass is 79.9. The summed E-state index contributed by atoms with van der Waals surface area (Å²) >= 11 is 16.3. The second-order valence-electron chi connectivity index (χ2n) is 0.521. The smallest absolute Gasteiger partial charge is 0.0739 e. The zero-order valence-electron chi connectivity index (χ0n) is 2.51. The van der Waals surface area contributed by atoms with Gasteiger partial charge in [0, 0.05) is 0 Å². The van der Waals surface area contributed by atoms with Gasteiger partial charge in [-0.15, -0.1) is 0 Å². The van der Waals surface area contributed by atoms with E-state index in [1.54, 1.807) is 0 Å². The summed E-state index contributed by atoms with van der Waals surface area (Å²) in [4.78, 5) is 0. The van der Waals surface area contributed by atoms with Crippen LogP contribution in [0.25, 0.3) is 0 Å². The minimum absolute atomic E-state index is 0.393. The number of halogens is 4. The zero-order chi connectivity index (χ0) is 5.15. The van der Waals surface area contributed by atoms with Gasteiger partial charge in [0.25, 0.3) is 0 Å². The van der Waals surface area contributed by atoms with Gasteiger partial charge in [-0.25, -0.2) is 0 Å². The summed E-state index contributed by atoms with van der Waals surface area (Å²) in [6.07, 6.45) is 0. The topological polar surface area (TPSA) is 0 Å². The van der Waals surface area contributed by atoms with Gasteiger partial charge in [-0.3, -0.25) is 0 Å². The Balaban J connectivity index is 3.68. The molecule has 0 rings (SSSR count). The molecule has 0 nitrogen and oxygen atoms in total. The molecule has 0 aromatic heterocycles. The Hall–Kier alpha value is 1.28. The summed E-state index contributed by atoms with van der Waals surface area (Å²) in [5, 5.41) is 0. The third-order valence-electron chi connectivity index (χ3n) is 0.143. The molecule has 0 aromatic rings. The van der Waals surface area contributed by atoms with Crippen molar-refractivity contribution in [3.05, 3.63) is 7.88 Å². The van der Waals surface area contributed by atoms with Crippen molar-refractivity contribution >= 4 is 55.1 Å². The van der Waals surface area contributed by atoms with E-state index in [0.717, 1.165) is 0 Å². The summed E-state index contributed by atoms with van der Waals surface area (Å²) in [7, 11) is 0. The Kier molecular flexibility index (Phi) is 4.01. The average Bonchev–Trinajstić information content (AvgIpc) is 1.36. The van der Waals surface area contributed by atoms with Crippen LogP contribution in [0.5, 0.6) is 0 Å². The van der Waals surface area contributed by atoms with Crippen molar-refractivity contribution in [1.82, 2.24) is 0 Å². The quantitative estimate of drug-likeness (QED) is 0.622. The first-order valence-electron chi connectivity index (χ1n) is 1.01. The van der Waals surface area contributed by atoms with Crippen molar-refractivity contribution in [2.45, 2.75) is 0 Å². The standard InChI is InChI=1S/C2Br2Cl2/c3-1(5)2(4)6/b2-1-. The Bertz CT molecular complexity index is 59.6. The van der Waals surface area contributed by atoms with Crippen LogP contribution in [0.3, 0.4) is 0 Å². The summed E-state index contributed by atoms with van der Waals surface area (Å²) in [6, 6.07) is 0. The molecule has 0 atom stereocenters. The fraction of sp³-hybridized carbons (Fsp3) is 0. The van der Waals surface area contributed by atoms with Crippen LogP contribution in [-0.2, 0) is 0 Å². The molecule has 4 heteroatoms. The predicted molar refractivity (Wildman–Crippen MR) is 36.6 cm³/mol. The van der Waals surface area contributed by atoms with Crippen LogP contribution in [0.1, 0.15) is 0 Å². The van der Waals surface area contributed by atoms with E-state index in [-0.39, 0.29) is 0 Å². The van der Waals surface area contributed by atoms with Gasteiger partial charge in [0.05, 0.1) is 0 Å². The van der Waals surface area contributed by atoms with Gasteiger partial charge < -0.3 is 0 Å². The fourth-order valence-corrected chi connectivity index (χ4v) is 0. The Morgan fingerprint density at radius 3 is 1.17 bits per heavy atom. The normalized spacial score (nSPS) is 14.0. The van der Waals surface area contributed by atoms with E-state index in [2.05, 4.69) is 31.9 Å². The molecule has 0 heterocycles. The molecule has 0 unspecified atom stereocenters. The van der Waals surface area contributed by atoms with Crippen molar-refractivity contribution < 1.29 is 0 Å². The van der Waals surface area contributed by atoms with Crippen molar-refractivity contribution in [3.63, 3.8) is 0 Å². The highest BCUT2D eigenvalue weighted by Gasteiger charge is 1.86. The monoisotopic (exact) mass is 252 g/mol. The van der Waals surface area contributed by atoms with E-state index in [1.807, 2.05) is 0 Å². The van der Waals surface area contributed by atoms with Gasteiger partial charge in [-0.1, -0.05) is 23.2 Å². The summed E-state index contributed by atoms with van der Waals surface area (Å²) in [5.41, 5.74) is 0. The molecule has 0 fully saturated rings. The van der Waals surface area contributed by atoms with Gasteiger partial charge in [0.1, 0.15) is 7.88 Å². The fourth-order valence-electron chi connectivity index (χ4n) is 0. The molecule has 0 radical (unpaired) electrons. The lowest BCUT2D eigenvalue weighted by Crippen LogP contribution is -1.45. The molecule has 0 spiro atoms. The van der Waals surface area contributed by atoms with Crippen LogP contribution >= 0.6 is 55.1 Å². The lowest BCUT2D eigenvalue weighted by molar-refractivity contribution is 2.37. The number of hydrogen-bond donors (Lipinski definition) is 0. The van der Waals surface area contributed by atoms with Gasteiger partial charge in [-0.05, 0) is 31.9 Å². The molecule has 0 N–H and O–H groups in total. The lowest BCUT2D eigenvalue weighted by Gasteiger charge is -1.77. The van der Waals surface area contributed by atoms with Crippen molar-refractivity contribution in [1.29, 1.82) is 0 Å². The van der Waals surface area contributed by atoms with Crippen LogP contribution in [-0.4, -0.2) is 0 Å². The van der Waals surface area contributed by atoms with Crippen LogP contribution in [0.15, 0.2) is 7.88 Å². The van der Waals surface area contributed by atoms with Crippen LogP contribution in [0.4, 0.5) is 0 Å². The number of rotatable bonds is 0. The zero-order valence-corrected chi connectivity index (χ0v) is 7.20. The second kappa shape index (κ2) is 3.30. The SMILES string of the molecule is Cl/C(Br)=C(\Cl)Br. The van der Waals surface area contributed by atoms with E-state index in [0.29, 0.717) is 7.88 Å². The summed E-state index contributed by atoms with van der Waals surface area (Å²) in [6.45, 7) is 0. The van der Waals surface area contributed by atoms with Crippen molar-refractivity contribution in [2.24, 2.45) is 0 Å². The number of hydrogen-bond acceptors (Lipinski definition) is 0. The van der Waals surface area contributed by atoms with Crippen LogP contribution < -0.4 is 0 Å². The molecule has 36 valence electrons. The van der Waals surface area contributed by atoms with Gasteiger partial charge in [0.15, 0.2) is 0 Å². The average molecular weight is 255 g/mol. The van der Waals surface area contributed by atoms with E-state index in [9.17, 15) is 0 Å². The van der Waals surface area contributed by atoms with Gasteiger partial charge in [-0.2, -0.15) is 0 Å². The van der Waals surface area contributed by atoms with Gasteiger partial charge >= 0.3 is 0 Å². The van der Waals surface area contributed by atoms with Gasteiger partial charge in [0.2, 0.25) is 0 Å². The Labute approximate surface area is 62.8 Å². The molecule has 0 saturated carbocycles. The third-order valence-corrected chi connectivity index (χ3v) is 2.40. The molecule has 0 aromatic carbocycles. The van der Waals surface area contributed by atoms with E-state index < -0.39 is 0 Å². The van der Waals surface area contributed by atoms with Crippen molar-refractivity contribution in [3.8, 4) is 0 Å². The summed E-state index contributed by atoms with van der Waals surface area (Å²) < 4.78 is 0.785. The lowest BCUT2D eigenvalue weighted by atomic mass is 11.2. The highest BCUT2D eigenvalue weighted by Crippen LogP contribution is 2.23. The maximum Gasteiger partial charge on any atom is 0.109 e. The minimum atomic E-state index is 0.393. The molecule has 6 heavy (non-hydrogen) atoms. The first-order chi connectivity index (χ1) is 2.64. The molecule has 0 bridgehead atoms. The molecule has 0 aliphatic rings. The van der Waals surface area contributed by atoms with Crippen LogP contribution in [0.2, 0.25) is 0 Å². The molecule has 0 aliphatic carbocycles. The maximum atomic E-state index is 5.23. The van der Waals surface area contributed by atoms with Crippen LogP contribution in [0, 0.1) is 0 Å². The molecule has 0 aliphatic heterocycles. The van der Waals surface area contributed by atoms with E-state index >= 15 is 0 Å². The second-order valence-corrected chi connectivity index (χ2v) is 3.78. The molecular weight excluding hydrogens is 255 g/mol. The first kappa shape index (κ1) is 7.28. The largest absolute Gasteiger partial charge is 0.109 e. The van der Waals surface area contributed by atoms with E-state index in [4.69, 9.17) is 23.2 Å². The third kappa shape index (κ3) is 3.47. The Morgan fingerprint density at radius 2 is 1.17 bits per heavy atom.